The van der Waals surface area contributed by atoms with E-state index in [9.17, 15) is 4.79 Å². The van der Waals surface area contributed by atoms with E-state index in [4.69, 9.17) is 11.6 Å². The van der Waals surface area contributed by atoms with Gasteiger partial charge in [-0.25, -0.2) is 4.68 Å². The van der Waals surface area contributed by atoms with Crippen LogP contribution in [0.25, 0.3) is 6.08 Å². The maximum absolute atomic E-state index is 12.1. The largest absolute Gasteiger partial charge is 0.342 e. The van der Waals surface area contributed by atoms with E-state index in [1.165, 1.54) is 0 Å². The van der Waals surface area contributed by atoms with Crippen molar-refractivity contribution in [3.8, 4) is 0 Å². The summed E-state index contributed by atoms with van der Waals surface area (Å²) in [4.78, 5) is 13.8. The van der Waals surface area contributed by atoms with Crippen molar-refractivity contribution in [1.29, 1.82) is 0 Å². The van der Waals surface area contributed by atoms with Crippen LogP contribution in [0.15, 0.2) is 36.4 Å². The predicted octanol–water partition coefficient (Wildman–Crippen LogP) is 4.16. The van der Waals surface area contributed by atoms with Crippen LogP contribution in [0.5, 0.6) is 0 Å². The summed E-state index contributed by atoms with van der Waals surface area (Å²) in [6, 6.07) is 10.0. The molecule has 0 fully saturated rings. The Balaban J connectivity index is 2.11. The van der Waals surface area contributed by atoms with Gasteiger partial charge in [0.1, 0.15) is 5.15 Å². The van der Waals surface area contributed by atoms with Crippen molar-refractivity contribution < 1.29 is 4.79 Å². The van der Waals surface area contributed by atoms with Crippen molar-refractivity contribution in [2.24, 2.45) is 0 Å². The number of halogens is 1. The monoisotopic (exact) mass is 345 g/mol. The van der Waals surface area contributed by atoms with Gasteiger partial charge in [0, 0.05) is 25.2 Å². The summed E-state index contributed by atoms with van der Waals surface area (Å²) in [5.41, 5.74) is 2.74. The first-order valence-electron chi connectivity index (χ1n) is 8.23. The molecule has 4 nitrogen and oxygen atoms in total. The smallest absolute Gasteiger partial charge is 0.246 e. The van der Waals surface area contributed by atoms with E-state index >= 15 is 0 Å². The number of hydrogen-bond donors (Lipinski definition) is 0. The molecule has 1 aromatic heterocycles. The quantitative estimate of drug-likeness (QED) is 0.706. The molecular weight excluding hydrogens is 322 g/mol. The molecule has 128 valence electrons. The maximum atomic E-state index is 12.1. The standard InChI is InChI=1S/C19H24ClN3O/c1-4-5-13-22(3)18(24)12-11-17-15(2)21-23(19(17)20)14-16-9-7-6-8-10-16/h6-12H,4-5,13-14H2,1-3H3/b12-11+. The highest BCUT2D eigenvalue weighted by atomic mass is 35.5. The van der Waals surface area contributed by atoms with E-state index in [0.29, 0.717) is 11.7 Å². The number of likely N-dealkylation sites (N-methyl/N-ethyl adjacent to an activating group) is 1. The fraction of sp³-hybridized carbons (Fsp3) is 0.368. The Labute approximate surface area is 148 Å². The number of carbonyl (C=O) groups is 1. The van der Waals surface area contributed by atoms with Crippen molar-refractivity contribution in [2.45, 2.75) is 33.2 Å². The molecule has 24 heavy (non-hydrogen) atoms. The van der Waals surface area contributed by atoms with Gasteiger partial charge in [0.25, 0.3) is 0 Å². The molecule has 1 amide bonds. The summed E-state index contributed by atoms with van der Waals surface area (Å²) < 4.78 is 1.76. The zero-order valence-corrected chi connectivity index (χ0v) is 15.3. The average molecular weight is 346 g/mol. The number of unbranched alkanes of at least 4 members (excludes halogenated alkanes) is 1. The molecule has 5 heteroatoms. The molecule has 0 aliphatic rings. The summed E-state index contributed by atoms with van der Waals surface area (Å²) in [7, 11) is 1.82. The average Bonchev–Trinajstić information content (AvgIpc) is 2.85. The van der Waals surface area contributed by atoms with Crippen molar-refractivity contribution in [3.05, 3.63) is 58.4 Å². The fourth-order valence-electron chi connectivity index (χ4n) is 2.40. The lowest BCUT2D eigenvalue weighted by atomic mass is 10.2. The molecule has 0 saturated heterocycles. The van der Waals surface area contributed by atoms with E-state index in [1.807, 2.05) is 44.3 Å². The Morgan fingerprint density at radius 3 is 2.71 bits per heavy atom. The molecule has 1 aromatic carbocycles. The lowest BCUT2D eigenvalue weighted by molar-refractivity contribution is -0.124. The highest BCUT2D eigenvalue weighted by molar-refractivity contribution is 6.31. The van der Waals surface area contributed by atoms with Crippen LogP contribution in [-0.2, 0) is 11.3 Å². The predicted molar refractivity (Wildman–Crippen MR) is 99.1 cm³/mol. The van der Waals surface area contributed by atoms with Crippen LogP contribution in [0.3, 0.4) is 0 Å². The summed E-state index contributed by atoms with van der Waals surface area (Å²) in [5.74, 6) is -0.0188. The third-order valence-corrected chi connectivity index (χ3v) is 4.30. The number of carbonyl (C=O) groups excluding carboxylic acids is 1. The summed E-state index contributed by atoms with van der Waals surface area (Å²) in [6.07, 6.45) is 5.40. The first-order valence-corrected chi connectivity index (χ1v) is 8.60. The molecular formula is C19H24ClN3O. The normalized spacial score (nSPS) is 11.2. The summed E-state index contributed by atoms with van der Waals surface area (Å²) >= 11 is 6.45. The van der Waals surface area contributed by atoms with Crippen LogP contribution in [0.1, 0.15) is 36.6 Å². The van der Waals surface area contributed by atoms with E-state index in [0.717, 1.165) is 36.2 Å². The first kappa shape index (κ1) is 18.3. The van der Waals surface area contributed by atoms with Crippen LogP contribution < -0.4 is 0 Å². The molecule has 0 bridgehead atoms. The first-order chi connectivity index (χ1) is 11.5. The molecule has 0 atom stereocenters. The summed E-state index contributed by atoms with van der Waals surface area (Å²) in [5, 5.41) is 5.04. The van der Waals surface area contributed by atoms with Gasteiger partial charge in [0.2, 0.25) is 5.91 Å². The van der Waals surface area contributed by atoms with Gasteiger partial charge in [-0.1, -0.05) is 55.3 Å². The van der Waals surface area contributed by atoms with Gasteiger partial charge >= 0.3 is 0 Å². The molecule has 0 aliphatic carbocycles. The van der Waals surface area contributed by atoms with Crippen LogP contribution in [0.2, 0.25) is 5.15 Å². The van der Waals surface area contributed by atoms with Gasteiger partial charge in [-0.2, -0.15) is 5.10 Å². The van der Waals surface area contributed by atoms with Crippen LogP contribution >= 0.6 is 11.6 Å². The third kappa shape index (κ3) is 4.71. The van der Waals surface area contributed by atoms with Crippen LogP contribution in [0, 0.1) is 6.92 Å². The lowest BCUT2D eigenvalue weighted by Crippen LogP contribution is -2.25. The second-order valence-electron chi connectivity index (χ2n) is 5.88. The minimum atomic E-state index is -0.0188. The molecule has 2 aromatic rings. The van der Waals surface area contributed by atoms with Gasteiger partial charge in [0.05, 0.1) is 12.2 Å². The van der Waals surface area contributed by atoms with E-state index in [1.54, 1.807) is 21.7 Å². The van der Waals surface area contributed by atoms with Crippen molar-refractivity contribution in [2.75, 3.05) is 13.6 Å². The molecule has 1 heterocycles. The van der Waals surface area contributed by atoms with E-state index in [2.05, 4.69) is 12.0 Å². The fourth-order valence-corrected chi connectivity index (χ4v) is 2.70. The number of aryl methyl sites for hydroxylation is 1. The highest BCUT2D eigenvalue weighted by Gasteiger charge is 2.12. The van der Waals surface area contributed by atoms with Gasteiger partial charge in [-0.05, 0) is 25.0 Å². The van der Waals surface area contributed by atoms with E-state index < -0.39 is 0 Å². The number of amides is 1. The topological polar surface area (TPSA) is 38.1 Å². The molecule has 0 aliphatic heterocycles. The van der Waals surface area contributed by atoms with Gasteiger partial charge < -0.3 is 4.90 Å². The summed E-state index contributed by atoms with van der Waals surface area (Å²) in [6.45, 7) is 5.38. The van der Waals surface area contributed by atoms with Crippen molar-refractivity contribution >= 4 is 23.6 Å². The number of rotatable bonds is 7. The number of hydrogen-bond acceptors (Lipinski definition) is 2. The Morgan fingerprint density at radius 2 is 2.04 bits per heavy atom. The Morgan fingerprint density at radius 1 is 1.33 bits per heavy atom. The molecule has 0 radical (unpaired) electrons. The minimum Gasteiger partial charge on any atom is -0.342 e. The van der Waals surface area contributed by atoms with Crippen LogP contribution in [-0.4, -0.2) is 34.2 Å². The van der Waals surface area contributed by atoms with Crippen LogP contribution in [0.4, 0.5) is 0 Å². The number of aromatic nitrogens is 2. The molecule has 0 N–H and O–H groups in total. The zero-order valence-electron chi connectivity index (χ0n) is 14.5. The zero-order chi connectivity index (χ0) is 17.5. The van der Waals surface area contributed by atoms with Gasteiger partial charge in [0.15, 0.2) is 0 Å². The van der Waals surface area contributed by atoms with Gasteiger partial charge in [-0.15, -0.1) is 0 Å². The number of nitrogens with zero attached hydrogens (tertiary/aromatic N) is 3. The second-order valence-corrected chi connectivity index (χ2v) is 6.24. The van der Waals surface area contributed by atoms with Crippen molar-refractivity contribution in [1.82, 2.24) is 14.7 Å². The maximum Gasteiger partial charge on any atom is 0.246 e. The molecule has 0 saturated carbocycles. The Bertz CT molecular complexity index is 707. The Hall–Kier alpha value is -2.07. The molecule has 0 unspecified atom stereocenters. The second kappa shape index (κ2) is 8.69. The lowest BCUT2D eigenvalue weighted by Gasteiger charge is -2.13. The minimum absolute atomic E-state index is 0.0188. The van der Waals surface area contributed by atoms with Crippen molar-refractivity contribution in [3.63, 3.8) is 0 Å². The SMILES string of the molecule is CCCCN(C)C(=O)/C=C/c1c(C)nn(Cc2ccccc2)c1Cl. The highest BCUT2D eigenvalue weighted by Crippen LogP contribution is 2.22. The Kier molecular flexibility index (Phi) is 6.62. The van der Waals surface area contributed by atoms with E-state index in [-0.39, 0.29) is 5.91 Å². The third-order valence-electron chi connectivity index (χ3n) is 3.90. The molecule has 0 spiro atoms. The number of benzene rings is 1. The molecule has 2 rings (SSSR count). The van der Waals surface area contributed by atoms with Gasteiger partial charge in [-0.3, -0.25) is 4.79 Å².